The molecule has 1 rings (SSSR count). The summed E-state index contributed by atoms with van der Waals surface area (Å²) in [7, 11) is 0. The molecular weight excluding hydrogens is 328 g/mol. The quantitative estimate of drug-likeness (QED) is 0.322. The summed E-state index contributed by atoms with van der Waals surface area (Å²) in [6, 6.07) is 0. The third kappa shape index (κ3) is 8.55. The lowest BCUT2D eigenvalue weighted by Crippen LogP contribution is -2.39. The second-order valence-corrected chi connectivity index (χ2v) is 8.03. The van der Waals surface area contributed by atoms with Crippen molar-refractivity contribution in [3.63, 3.8) is 0 Å². The van der Waals surface area contributed by atoms with Crippen molar-refractivity contribution in [3.8, 4) is 0 Å². The molecule has 0 aliphatic heterocycles. The number of hydrogen-bond donors (Lipinski definition) is 0. The minimum absolute atomic E-state index is 0.0761. The number of unbranched alkanes of at least 4 members (excludes halogenated alkanes) is 4. The van der Waals surface area contributed by atoms with Crippen LogP contribution in [-0.4, -0.2) is 24.1 Å². The Morgan fingerprint density at radius 2 is 1.15 bits per heavy atom. The van der Waals surface area contributed by atoms with Gasteiger partial charge in [-0.2, -0.15) is 0 Å². The first-order valence-corrected chi connectivity index (χ1v) is 10.9. The average molecular weight is 369 g/mol. The summed E-state index contributed by atoms with van der Waals surface area (Å²) in [6.07, 6.45) is 11.6. The molecule has 0 saturated heterocycles. The van der Waals surface area contributed by atoms with Gasteiger partial charge in [0.1, 0.15) is 12.2 Å². The minimum atomic E-state index is -0.267. The zero-order valence-electron chi connectivity index (χ0n) is 17.4. The Kier molecular flexibility index (Phi) is 11.6. The highest BCUT2D eigenvalue weighted by Crippen LogP contribution is 2.27. The van der Waals surface area contributed by atoms with Crippen LogP contribution in [0.3, 0.4) is 0 Å². The first kappa shape index (κ1) is 23.0. The third-order valence-corrected chi connectivity index (χ3v) is 5.46. The molecule has 0 amide bonds. The number of rotatable bonds is 12. The van der Waals surface area contributed by atoms with Crippen molar-refractivity contribution in [1.82, 2.24) is 0 Å². The van der Waals surface area contributed by atoms with Crippen molar-refractivity contribution < 1.29 is 19.1 Å². The zero-order valence-corrected chi connectivity index (χ0v) is 17.4. The first-order chi connectivity index (χ1) is 12.5. The molecule has 4 nitrogen and oxygen atoms in total. The lowest BCUT2D eigenvalue weighted by molar-refractivity contribution is -0.176. The molecule has 0 spiro atoms. The maximum Gasteiger partial charge on any atom is 0.309 e. The van der Waals surface area contributed by atoms with Crippen molar-refractivity contribution in [2.45, 2.75) is 117 Å². The van der Waals surface area contributed by atoms with Gasteiger partial charge in [0.2, 0.25) is 0 Å². The van der Waals surface area contributed by atoms with Gasteiger partial charge in [0.05, 0.1) is 11.8 Å². The fourth-order valence-corrected chi connectivity index (χ4v) is 3.50. The van der Waals surface area contributed by atoms with E-state index in [-0.39, 0.29) is 36.0 Å². The maximum absolute atomic E-state index is 12.4. The van der Waals surface area contributed by atoms with E-state index in [1.165, 1.54) is 0 Å². The van der Waals surface area contributed by atoms with Crippen LogP contribution in [0.2, 0.25) is 0 Å². The van der Waals surface area contributed by atoms with Crippen LogP contribution in [0.25, 0.3) is 0 Å². The summed E-state index contributed by atoms with van der Waals surface area (Å²) in [5, 5.41) is 0. The van der Waals surface area contributed by atoms with Crippen molar-refractivity contribution in [3.05, 3.63) is 0 Å². The van der Waals surface area contributed by atoms with Crippen LogP contribution in [0.1, 0.15) is 105 Å². The molecule has 0 heterocycles. The van der Waals surface area contributed by atoms with Crippen molar-refractivity contribution in [2.24, 2.45) is 11.8 Å². The fourth-order valence-electron chi connectivity index (χ4n) is 3.50. The number of ether oxygens (including phenoxy) is 2. The Bertz CT molecular complexity index is 369. The van der Waals surface area contributed by atoms with Crippen LogP contribution in [-0.2, 0) is 19.1 Å². The van der Waals surface area contributed by atoms with Crippen molar-refractivity contribution in [1.29, 1.82) is 0 Å². The monoisotopic (exact) mass is 368 g/mol. The van der Waals surface area contributed by atoms with E-state index in [4.69, 9.17) is 9.47 Å². The Labute approximate surface area is 160 Å². The topological polar surface area (TPSA) is 52.6 Å². The van der Waals surface area contributed by atoms with E-state index in [1.54, 1.807) is 0 Å². The summed E-state index contributed by atoms with van der Waals surface area (Å²) < 4.78 is 11.5. The lowest BCUT2D eigenvalue weighted by Gasteiger charge is -2.32. The number of esters is 2. The van der Waals surface area contributed by atoms with Gasteiger partial charge in [0.15, 0.2) is 0 Å². The maximum atomic E-state index is 12.4. The molecule has 0 aromatic rings. The average Bonchev–Trinajstić information content (AvgIpc) is 2.63. The van der Waals surface area contributed by atoms with Gasteiger partial charge in [-0.15, -0.1) is 0 Å². The highest BCUT2D eigenvalue weighted by atomic mass is 16.6. The largest absolute Gasteiger partial charge is 0.458 e. The summed E-state index contributed by atoms with van der Waals surface area (Å²) in [6.45, 7) is 8.20. The van der Waals surface area contributed by atoms with E-state index >= 15 is 0 Å². The van der Waals surface area contributed by atoms with Crippen LogP contribution in [0.5, 0.6) is 0 Å². The second kappa shape index (κ2) is 13.2. The van der Waals surface area contributed by atoms with Gasteiger partial charge < -0.3 is 9.47 Å². The highest BCUT2D eigenvalue weighted by Gasteiger charge is 2.33. The van der Waals surface area contributed by atoms with Crippen LogP contribution in [0, 0.1) is 11.8 Å². The summed E-state index contributed by atoms with van der Waals surface area (Å²) in [5.41, 5.74) is 0. The smallest absolute Gasteiger partial charge is 0.309 e. The molecule has 152 valence electrons. The molecule has 4 atom stereocenters. The first-order valence-electron chi connectivity index (χ1n) is 10.9. The third-order valence-electron chi connectivity index (χ3n) is 5.46. The molecule has 1 aliphatic rings. The number of carbonyl (C=O) groups is 2. The predicted octanol–water partition coefficient (Wildman–Crippen LogP) is 5.82. The summed E-state index contributed by atoms with van der Waals surface area (Å²) in [4.78, 5) is 24.8. The van der Waals surface area contributed by atoms with Crippen LogP contribution >= 0.6 is 0 Å². The molecule has 4 heteroatoms. The molecule has 1 saturated carbocycles. The number of hydrogen-bond acceptors (Lipinski definition) is 4. The van der Waals surface area contributed by atoms with Gasteiger partial charge in [0, 0.05) is 0 Å². The van der Waals surface area contributed by atoms with E-state index in [2.05, 4.69) is 13.8 Å². The van der Waals surface area contributed by atoms with Crippen molar-refractivity contribution in [2.75, 3.05) is 0 Å². The number of carbonyl (C=O) groups excluding carboxylic acids is 2. The Morgan fingerprint density at radius 1 is 0.769 bits per heavy atom. The fraction of sp³-hybridized carbons (Fsp3) is 0.909. The molecule has 0 radical (unpaired) electrons. The van der Waals surface area contributed by atoms with E-state index in [0.29, 0.717) is 0 Å². The Hall–Kier alpha value is -1.06. The lowest BCUT2D eigenvalue weighted by atomic mass is 9.94. The molecule has 0 aromatic carbocycles. The molecular formula is C22H40O4. The molecule has 0 N–H and O–H groups in total. The zero-order chi connectivity index (χ0) is 19.4. The van der Waals surface area contributed by atoms with Crippen LogP contribution < -0.4 is 0 Å². The summed E-state index contributed by atoms with van der Waals surface area (Å²) in [5.74, 6) is -0.421. The Balaban J connectivity index is 2.47. The van der Waals surface area contributed by atoms with Gasteiger partial charge in [-0.05, 0) is 38.5 Å². The van der Waals surface area contributed by atoms with Crippen LogP contribution in [0.4, 0.5) is 0 Å². The van der Waals surface area contributed by atoms with E-state index in [1.807, 2.05) is 13.8 Å². The molecule has 0 bridgehead atoms. The molecule has 0 aromatic heterocycles. The van der Waals surface area contributed by atoms with Gasteiger partial charge in [-0.3, -0.25) is 9.59 Å². The highest BCUT2D eigenvalue weighted by molar-refractivity contribution is 5.73. The summed E-state index contributed by atoms with van der Waals surface area (Å²) >= 11 is 0. The van der Waals surface area contributed by atoms with Gasteiger partial charge in [0.25, 0.3) is 0 Å². The molecule has 4 unspecified atom stereocenters. The van der Waals surface area contributed by atoms with E-state index < -0.39 is 0 Å². The van der Waals surface area contributed by atoms with Crippen LogP contribution in [0.15, 0.2) is 0 Å². The molecule has 1 aliphatic carbocycles. The minimum Gasteiger partial charge on any atom is -0.458 e. The molecule has 26 heavy (non-hydrogen) atoms. The van der Waals surface area contributed by atoms with E-state index in [0.717, 1.165) is 77.0 Å². The SMILES string of the molecule is CCCCCC(C)C(=O)OC1CCCCC1OC(=O)C(C)CCCCC. The van der Waals surface area contributed by atoms with Gasteiger partial charge in [-0.1, -0.05) is 66.2 Å². The van der Waals surface area contributed by atoms with Gasteiger partial charge >= 0.3 is 11.9 Å². The van der Waals surface area contributed by atoms with Crippen molar-refractivity contribution >= 4 is 11.9 Å². The van der Waals surface area contributed by atoms with E-state index in [9.17, 15) is 9.59 Å². The molecule has 1 fully saturated rings. The normalized spacial score (nSPS) is 22.5. The standard InChI is InChI=1S/C22H40O4/c1-5-7-9-13-17(3)21(23)25-19-15-11-12-16-20(19)26-22(24)18(4)14-10-8-6-2/h17-20H,5-16H2,1-4H3. The van der Waals surface area contributed by atoms with Gasteiger partial charge in [-0.25, -0.2) is 0 Å². The Morgan fingerprint density at radius 3 is 1.50 bits per heavy atom. The second-order valence-electron chi connectivity index (χ2n) is 8.03. The predicted molar refractivity (Wildman–Crippen MR) is 105 cm³/mol.